The van der Waals surface area contributed by atoms with E-state index < -0.39 is 0 Å². The minimum Gasteiger partial charge on any atom is -0.497 e. The first-order valence-electron chi connectivity index (χ1n) is 8.36. The molecule has 0 bridgehead atoms. The summed E-state index contributed by atoms with van der Waals surface area (Å²) in [6, 6.07) is 7.74. The van der Waals surface area contributed by atoms with Gasteiger partial charge in [0.2, 0.25) is 0 Å². The van der Waals surface area contributed by atoms with Gasteiger partial charge in [-0.3, -0.25) is 4.98 Å². The summed E-state index contributed by atoms with van der Waals surface area (Å²) >= 11 is 0. The molecule has 2 heterocycles. The van der Waals surface area contributed by atoms with Crippen molar-refractivity contribution in [1.82, 2.24) is 19.7 Å². The number of hydrogen-bond donors (Lipinski definition) is 1. The van der Waals surface area contributed by atoms with Crippen molar-refractivity contribution in [3.05, 3.63) is 53.6 Å². The Morgan fingerprint density at radius 1 is 1.08 bits per heavy atom. The second-order valence-electron chi connectivity index (χ2n) is 6.08. The van der Waals surface area contributed by atoms with Crippen LogP contribution in [0.2, 0.25) is 0 Å². The van der Waals surface area contributed by atoms with Crippen LogP contribution in [0.25, 0.3) is 5.82 Å². The predicted octanol–water partition coefficient (Wildman–Crippen LogP) is 3.47. The molecular formula is C19H23N5O2. The Kier molecular flexibility index (Phi) is 5.06. The van der Waals surface area contributed by atoms with E-state index >= 15 is 0 Å². The molecule has 0 saturated carbocycles. The van der Waals surface area contributed by atoms with Crippen molar-refractivity contribution >= 4 is 5.82 Å². The molecule has 2 aromatic heterocycles. The second kappa shape index (κ2) is 7.43. The lowest BCUT2D eigenvalue weighted by molar-refractivity contribution is 0.390. The van der Waals surface area contributed by atoms with Crippen molar-refractivity contribution in [2.24, 2.45) is 0 Å². The number of benzene rings is 1. The third-order valence-corrected chi connectivity index (χ3v) is 4.12. The van der Waals surface area contributed by atoms with Gasteiger partial charge in [0.25, 0.3) is 0 Å². The molecule has 0 aliphatic rings. The van der Waals surface area contributed by atoms with E-state index in [4.69, 9.17) is 9.47 Å². The second-order valence-corrected chi connectivity index (χ2v) is 6.08. The molecule has 1 N–H and O–H groups in total. The largest absolute Gasteiger partial charge is 0.497 e. The van der Waals surface area contributed by atoms with Crippen LogP contribution >= 0.6 is 0 Å². The SMILES string of the molecule is COc1ccc(C(C)Nc2cncc(-n3nc(C)cc3C)n2)c(OC)c1. The highest BCUT2D eigenvalue weighted by Crippen LogP contribution is 2.30. The monoisotopic (exact) mass is 353 g/mol. The average molecular weight is 353 g/mol. The maximum atomic E-state index is 5.49. The molecule has 0 aliphatic heterocycles. The van der Waals surface area contributed by atoms with Gasteiger partial charge in [0, 0.05) is 17.3 Å². The number of hydrogen-bond acceptors (Lipinski definition) is 6. The van der Waals surface area contributed by atoms with Gasteiger partial charge in [-0.15, -0.1) is 0 Å². The summed E-state index contributed by atoms with van der Waals surface area (Å²) in [6.45, 7) is 5.99. The van der Waals surface area contributed by atoms with Gasteiger partial charge in [-0.2, -0.15) is 5.10 Å². The number of nitrogens with zero attached hydrogens (tertiary/aromatic N) is 4. The number of nitrogens with one attached hydrogen (secondary N) is 1. The van der Waals surface area contributed by atoms with Crippen LogP contribution in [0.3, 0.4) is 0 Å². The van der Waals surface area contributed by atoms with Crippen LogP contribution in [0, 0.1) is 13.8 Å². The quantitative estimate of drug-likeness (QED) is 0.731. The van der Waals surface area contributed by atoms with Gasteiger partial charge in [0.1, 0.15) is 17.3 Å². The van der Waals surface area contributed by atoms with E-state index in [2.05, 4.69) is 20.4 Å². The van der Waals surface area contributed by atoms with Crippen LogP contribution in [-0.4, -0.2) is 34.0 Å². The highest BCUT2D eigenvalue weighted by Gasteiger charge is 2.14. The van der Waals surface area contributed by atoms with E-state index in [0.29, 0.717) is 11.6 Å². The molecule has 7 heteroatoms. The zero-order valence-corrected chi connectivity index (χ0v) is 15.6. The zero-order valence-electron chi connectivity index (χ0n) is 15.6. The van der Waals surface area contributed by atoms with Crippen molar-refractivity contribution in [2.45, 2.75) is 26.8 Å². The molecule has 7 nitrogen and oxygen atoms in total. The van der Waals surface area contributed by atoms with E-state index in [-0.39, 0.29) is 6.04 Å². The van der Waals surface area contributed by atoms with Crippen molar-refractivity contribution in [2.75, 3.05) is 19.5 Å². The van der Waals surface area contributed by atoms with Gasteiger partial charge in [0.05, 0.1) is 38.3 Å². The van der Waals surface area contributed by atoms with E-state index in [1.807, 2.05) is 45.0 Å². The molecule has 3 aromatic rings. The summed E-state index contributed by atoms with van der Waals surface area (Å²) in [6.07, 6.45) is 3.39. The highest BCUT2D eigenvalue weighted by atomic mass is 16.5. The molecule has 1 unspecified atom stereocenters. The van der Waals surface area contributed by atoms with Gasteiger partial charge < -0.3 is 14.8 Å². The average Bonchev–Trinajstić information content (AvgIpc) is 2.99. The molecule has 1 atom stereocenters. The van der Waals surface area contributed by atoms with Crippen molar-refractivity contribution in [1.29, 1.82) is 0 Å². The zero-order chi connectivity index (χ0) is 18.7. The Labute approximate surface area is 153 Å². The minimum atomic E-state index is -0.0270. The number of ether oxygens (including phenoxy) is 2. The molecule has 0 saturated heterocycles. The minimum absolute atomic E-state index is 0.0270. The summed E-state index contributed by atoms with van der Waals surface area (Å²) in [5, 5.41) is 7.83. The number of anilines is 1. The summed E-state index contributed by atoms with van der Waals surface area (Å²) in [5.41, 5.74) is 2.96. The van der Waals surface area contributed by atoms with Crippen LogP contribution in [0.15, 0.2) is 36.7 Å². The molecule has 3 rings (SSSR count). The van der Waals surface area contributed by atoms with E-state index in [0.717, 1.165) is 28.5 Å². The molecule has 0 fully saturated rings. The van der Waals surface area contributed by atoms with Crippen LogP contribution in [0.5, 0.6) is 11.5 Å². The lowest BCUT2D eigenvalue weighted by Gasteiger charge is -2.18. The van der Waals surface area contributed by atoms with Gasteiger partial charge in [-0.1, -0.05) is 0 Å². The summed E-state index contributed by atoms with van der Waals surface area (Å²) in [5.74, 6) is 2.85. The summed E-state index contributed by atoms with van der Waals surface area (Å²) in [4.78, 5) is 8.92. The maximum Gasteiger partial charge on any atom is 0.174 e. The molecule has 0 radical (unpaired) electrons. The fourth-order valence-electron chi connectivity index (χ4n) is 2.86. The normalized spacial score (nSPS) is 11.9. The lowest BCUT2D eigenvalue weighted by Crippen LogP contribution is -2.11. The fraction of sp³-hybridized carbons (Fsp3) is 0.316. The molecule has 0 spiro atoms. The van der Waals surface area contributed by atoms with Crippen LogP contribution in [-0.2, 0) is 0 Å². The molecule has 136 valence electrons. The van der Waals surface area contributed by atoms with E-state index in [1.54, 1.807) is 31.3 Å². The predicted molar refractivity (Wildman–Crippen MR) is 100 cm³/mol. The number of aryl methyl sites for hydroxylation is 2. The van der Waals surface area contributed by atoms with Crippen LogP contribution in [0.1, 0.15) is 29.9 Å². The standard InChI is InChI=1S/C19H23N5O2/c1-12-8-13(2)24(23-12)19-11-20-10-18(22-19)21-14(3)16-7-6-15(25-4)9-17(16)26-5/h6-11,14H,1-5H3,(H,21,22). The van der Waals surface area contributed by atoms with Gasteiger partial charge in [-0.25, -0.2) is 9.67 Å². The summed E-state index contributed by atoms with van der Waals surface area (Å²) in [7, 11) is 3.28. The summed E-state index contributed by atoms with van der Waals surface area (Å²) < 4.78 is 12.5. The first kappa shape index (κ1) is 17.7. The maximum absolute atomic E-state index is 5.49. The van der Waals surface area contributed by atoms with Crippen molar-refractivity contribution in [3.8, 4) is 17.3 Å². The van der Waals surface area contributed by atoms with Gasteiger partial charge in [-0.05, 0) is 39.0 Å². The lowest BCUT2D eigenvalue weighted by atomic mass is 10.1. The topological polar surface area (TPSA) is 74.1 Å². The third-order valence-electron chi connectivity index (χ3n) is 4.12. The first-order valence-corrected chi connectivity index (χ1v) is 8.36. The Hall–Kier alpha value is -3.09. The van der Waals surface area contributed by atoms with E-state index in [1.165, 1.54) is 0 Å². The molecule has 1 aromatic carbocycles. The number of aromatic nitrogens is 4. The molecule has 0 amide bonds. The van der Waals surface area contributed by atoms with Crippen LogP contribution in [0.4, 0.5) is 5.82 Å². The van der Waals surface area contributed by atoms with E-state index in [9.17, 15) is 0 Å². The highest BCUT2D eigenvalue weighted by molar-refractivity contribution is 5.46. The van der Waals surface area contributed by atoms with Gasteiger partial charge in [0.15, 0.2) is 5.82 Å². The Balaban J connectivity index is 1.85. The van der Waals surface area contributed by atoms with Crippen molar-refractivity contribution < 1.29 is 9.47 Å². The molecule has 0 aliphatic carbocycles. The number of rotatable bonds is 6. The smallest absolute Gasteiger partial charge is 0.174 e. The molecule has 26 heavy (non-hydrogen) atoms. The van der Waals surface area contributed by atoms with Gasteiger partial charge >= 0.3 is 0 Å². The molecular weight excluding hydrogens is 330 g/mol. The first-order chi connectivity index (χ1) is 12.5. The Bertz CT molecular complexity index is 907. The van der Waals surface area contributed by atoms with Crippen LogP contribution < -0.4 is 14.8 Å². The number of methoxy groups -OCH3 is 2. The third kappa shape index (κ3) is 3.61. The van der Waals surface area contributed by atoms with Crippen molar-refractivity contribution in [3.63, 3.8) is 0 Å². The fourth-order valence-corrected chi connectivity index (χ4v) is 2.86. The Morgan fingerprint density at radius 3 is 2.54 bits per heavy atom. The Morgan fingerprint density at radius 2 is 1.88 bits per heavy atom.